The third-order valence-electron chi connectivity index (χ3n) is 3.58. The molecule has 134 valence electrons. The summed E-state index contributed by atoms with van der Waals surface area (Å²) in [5.74, 6) is -1.80. The lowest BCUT2D eigenvalue weighted by Gasteiger charge is -2.17. The van der Waals surface area contributed by atoms with E-state index < -0.39 is 29.1 Å². The molecular weight excluding hydrogens is 348 g/mol. The molecule has 1 aliphatic rings. The lowest BCUT2D eigenvalue weighted by molar-refractivity contribution is -0.140. The van der Waals surface area contributed by atoms with E-state index >= 15 is 0 Å². The molecule has 0 saturated carbocycles. The van der Waals surface area contributed by atoms with E-state index in [1.54, 1.807) is 24.3 Å². The summed E-state index contributed by atoms with van der Waals surface area (Å²) in [6, 6.07) is 5.40. The molecule has 1 heterocycles. The summed E-state index contributed by atoms with van der Waals surface area (Å²) in [4.78, 5) is 47.9. The van der Waals surface area contributed by atoms with Crippen LogP contribution in [0.4, 0.5) is 5.69 Å². The first-order valence-corrected chi connectivity index (χ1v) is 8.50. The van der Waals surface area contributed by atoms with Gasteiger partial charge in [-0.15, -0.1) is 11.8 Å². The van der Waals surface area contributed by atoms with E-state index in [4.69, 9.17) is 9.84 Å². The molecule has 9 heteroatoms. The van der Waals surface area contributed by atoms with Crippen molar-refractivity contribution in [2.75, 3.05) is 17.8 Å². The van der Waals surface area contributed by atoms with Gasteiger partial charge in [0, 0.05) is 19.1 Å². The Labute approximate surface area is 148 Å². The number of ether oxygens (including phenoxy) is 1. The Bertz CT molecular complexity index is 690. The molecule has 0 spiro atoms. The quantitative estimate of drug-likeness (QED) is 0.681. The van der Waals surface area contributed by atoms with Crippen molar-refractivity contribution >= 4 is 41.1 Å². The Morgan fingerprint density at radius 3 is 2.52 bits per heavy atom. The van der Waals surface area contributed by atoms with Gasteiger partial charge in [0.2, 0.25) is 17.7 Å². The molecule has 2 rings (SSSR count). The van der Waals surface area contributed by atoms with Gasteiger partial charge >= 0.3 is 5.97 Å². The van der Waals surface area contributed by atoms with Gasteiger partial charge in [-0.05, 0) is 24.3 Å². The summed E-state index contributed by atoms with van der Waals surface area (Å²) in [7, 11) is 1.52. The first kappa shape index (κ1) is 18.8. The van der Waals surface area contributed by atoms with E-state index in [0.717, 1.165) is 16.7 Å². The number of anilines is 1. The Hall–Kier alpha value is -2.55. The number of carboxylic acid groups (broad SMARTS) is 1. The summed E-state index contributed by atoms with van der Waals surface area (Å²) < 4.78 is 5.04. The van der Waals surface area contributed by atoms with Crippen LogP contribution in [0.15, 0.2) is 24.3 Å². The zero-order valence-electron chi connectivity index (χ0n) is 13.7. The van der Waals surface area contributed by atoms with Gasteiger partial charge in [0.05, 0.1) is 18.0 Å². The minimum absolute atomic E-state index is 0.00491. The van der Waals surface area contributed by atoms with Gasteiger partial charge in [0.15, 0.2) is 0 Å². The van der Waals surface area contributed by atoms with Gasteiger partial charge in [-0.1, -0.05) is 0 Å². The van der Waals surface area contributed by atoms with Crippen molar-refractivity contribution in [3.8, 4) is 5.75 Å². The average Bonchev–Trinajstić information content (AvgIpc) is 2.85. The maximum absolute atomic E-state index is 12.5. The van der Waals surface area contributed by atoms with Crippen molar-refractivity contribution in [2.24, 2.45) is 0 Å². The Balaban J connectivity index is 2.04. The number of carbonyl (C=O) groups is 4. The van der Waals surface area contributed by atoms with Gasteiger partial charge in [-0.2, -0.15) is 0 Å². The van der Waals surface area contributed by atoms with Crippen molar-refractivity contribution < 1.29 is 29.0 Å². The standard InChI is InChI=1S/C16H18N2O6S/c1-9(19)17-12(16(22)23)8-25-13-7-14(20)18(15(13)21)10-3-5-11(24-2)6-4-10/h3-6,12-13H,7-8H2,1-2H3,(H,17,19)(H,22,23)/t12-,13+/m1/s1. The van der Waals surface area contributed by atoms with Gasteiger partial charge in [-0.3, -0.25) is 14.4 Å². The third kappa shape index (κ3) is 4.50. The second kappa shape index (κ2) is 8.02. The molecule has 3 amide bonds. The van der Waals surface area contributed by atoms with E-state index in [1.165, 1.54) is 14.0 Å². The molecular formula is C16H18N2O6S. The number of amides is 3. The maximum atomic E-state index is 12.5. The zero-order chi connectivity index (χ0) is 18.6. The minimum Gasteiger partial charge on any atom is -0.497 e. The van der Waals surface area contributed by atoms with Crippen LogP contribution in [0, 0.1) is 0 Å². The number of benzene rings is 1. The fourth-order valence-electron chi connectivity index (χ4n) is 2.37. The molecule has 0 aliphatic carbocycles. The second-order valence-electron chi connectivity index (χ2n) is 5.38. The lowest BCUT2D eigenvalue weighted by atomic mass is 10.3. The van der Waals surface area contributed by atoms with Crippen molar-refractivity contribution in [1.29, 1.82) is 0 Å². The molecule has 2 atom stereocenters. The highest BCUT2D eigenvalue weighted by Gasteiger charge is 2.40. The van der Waals surface area contributed by atoms with Gasteiger partial charge < -0.3 is 15.2 Å². The molecule has 0 unspecified atom stereocenters. The summed E-state index contributed by atoms with van der Waals surface area (Å²) in [6.07, 6.45) is -0.0120. The number of carboxylic acids is 1. The molecule has 1 aliphatic heterocycles. The highest BCUT2D eigenvalue weighted by molar-refractivity contribution is 8.00. The van der Waals surface area contributed by atoms with Crippen molar-refractivity contribution in [3.05, 3.63) is 24.3 Å². The number of aliphatic carboxylic acids is 1. The van der Waals surface area contributed by atoms with Crippen molar-refractivity contribution in [2.45, 2.75) is 24.6 Å². The normalized spacial score (nSPS) is 18.2. The van der Waals surface area contributed by atoms with E-state index in [2.05, 4.69) is 5.32 Å². The maximum Gasteiger partial charge on any atom is 0.327 e. The number of thioether (sulfide) groups is 1. The fraction of sp³-hybridized carbons (Fsp3) is 0.375. The van der Waals surface area contributed by atoms with Crippen LogP contribution in [-0.4, -0.2) is 53.0 Å². The predicted molar refractivity (Wildman–Crippen MR) is 91.6 cm³/mol. The number of nitrogens with zero attached hydrogens (tertiary/aromatic N) is 1. The minimum atomic E-state index is -1.19. The molecule has 8 nitrogen and oxygen atoms in total. The van der Waals surface area contributed by atoms with Crippen LogP contribution in [0.5, 0.6) is 5.75 Å². The van der Waals surface area contributed by atoms with Crippen molar-refractivity contribution in [1.82, 2.24) is 5.32 Å². The first-order valence-electron chi connectivity index (χ1n) is 7.46. The summed E-state index contributed by atoms with van der Waals surface area (Å²) in [6.45, 7) is 1.22. The molecule has 1 fully saturated rings. The van der Waals surface area contributed by atoms with E-state index in [1.807, 2.05) is 0 Å². The number of nitrogens with one attached hydrogen (secondary N) is 1. The number of imide groups is 1. The van der Waals surface area contributed by atoms with Crippen LogP contribution in [0.25, 0.3) is 0 Å². The third-order valence-corrected chi connectivity index (χ3v) is 4.87. The number of methoxy groups -OCH3 is 1. The predicted octanol–water partition coefficient (Wildman–Crippen LogP) is 0.650. The van der Waals surface area contributed by atoms with E-state index in [0.29, 0.717) is 11.4 Å². The highest BCUT2D eigenvalue weighted by Crippen LogP contribution is 2.30. The molecule has 0 radical (unpaired) electrons. The zero-order valence-corrected chi connectivity index (χ0v) is 14.5. The molecule has 1 saturated heterocycles. The van der Waals surface area contributed by atoms with Crippen molar-refractivity contribution in [3.63, 3.8) is 0 Å². The van der Waals surface area contributed by atoms with E-state index in [9.17, 15) is 19.2 Å². The van der Waals surface area contributed by atoms with Gasteiger partial charge in [0.25, 0.3) is 0 Å². The Kier molecular flexibility index (Phi) is 6.02. The molecule has 2 N–H and O–H groups in total. The topological polar surface area (TPSA) is 113 Å². The van der Waals surface area contributed by atoms with Crippen LogP contribution in [0.3, 0.4) is 0 Å². The average molecular weight is 366 g/mol. The summed E-state index contributed by atoms with van der Waals surface area (Å²) in [5, 5.41) is 10.7. The summed E-state index contributed by atoms with van der Waals surface area (Å²) in [5.41, 5.74) is 0.440. The van der Waals surface area contributed by atoms with Crippen LogP contribution < -0.4 is 15.0 Å². The fourth-order valence-corrected chi connectivity index (χ4v) is 3.53. The SMILES string of the molecule is COc1ccc(N2C(=O)C[C@H](SC[C@@H](NC(C)=O)C(=O)O)C2=O)cc1. The first-order chi connectivity index (χ1) is 11.8. The molecule has 1 aromatic rings. The molecule has 1 aromatic carbocycles. The van der Waals surface area contributed by atoms with Crippen LogP contribution >= 0.6 is 11.8 Å². The van der Waals surface area contributed by atoms with Crippen LogP contribution in [0.1, 0.15) is 13.3 Å². The van der Waals surface area contributed by atoms with Gasteiger partial charge in [0.1, 0.15) is 11.8 Å². The Morgan fingerprint density at radius 1 is 1.36 bits per heavy atom. The molecule has 0 aromatic heterocycles. The second-order valence-corrected chi connectivity index (χ2v) is 6.62. The molecule has 25 heavy (non-hydrogen) atoms. The Morgan fingerprint density at radius 2 is 2.00 bits per heavy atom. The number of hydrogen-bond donors (Lipinski definition) is 2. The smallest absolute Gasteiger partial charge is 0.327 e. The lowest BCUT2D eigenvalue weighted by Crippen LogP contribution is -2.42. The van der Waals surface area contributed by atoms with Crippen LogP contribution in [-0.2, 0) is 19.2 Å². The van der Waals surface area contributed by atoms with E-state index in [-0.39, 0.29) is 18.1 Å². The van der Waals surface area contributed by atoms with Gasteiger partial charge in [-0.25, -0.2) is 9.69 Å². The number of rotatable bonds is 7. The number of hydrogen-bond acceptors (Lipinski definition) is 6. The van der Waals surface area contributed by atoms with Crippen LogP contribution in [0.2, 0.25) is 0 Å². The summed E-state index contributed by atoms with van der Waals surface area (Å²) >= 11 is 1.05. The number of carbonyl (C=O) groups excluding carboxylic acids is 3. The highest BCUT2D eigenvalue weighted by atomic mass is 32.2. The molecule has 0 bridgehead atoms. The largest absolute Gasteiger partial charge is 0.497 e. The monoisotopic (exact) mass is 366 g/mol.